The van der Waals surface area contributed by atoms with Crippen LogP contribution in [-0.2, 0) is 28.8 Å². The zero-order chi connectivity index (χ0) is 72.2. The van der Waals surface area contributed by atoms with E-state index in [-0.39, 0.29) is 90.1 Å². The number of likely N-dealkylation sites (tertiary alicyclic amines) is 4. The van der Waals surface area contributed by atoms with Crippen LogP contribution < -0.4 is 21.3 Å². The Morgan fingerprint density at radius 1 is 0.402 bits per heavy atom. The molecule has 4 aliphatic rings. The first-order chi connectivity index (χ1) is 49.2. The molecule has 8 aromatic heterocycles. The molecule has 7 amide bonds. The van der Waals surface area contributed by atoms with Gasteiger partial charge in [0.15, 0.2) is 23.3 Å². The van der Waals surface area contributed by atoms with Crippen LogP contribution in [-0.4, -0.2) is 210 Å². The summed E-state index contributed by atoms with van der Waals surface area (Å²) in [5, 5.41) is 20.7. The third-order valence-electron chi connectivity index (χ3n) is 16.8. The lowest BCUT2D eigenvalue weighted by Gasteiger charge is -2.31. The molecule has 32 nitrogen and oxygen atoms in total. The van der Waals surface area contributed by atoms with E-state index in [0.29, 0.717) is 127 Å². The van der Waals surface area contributed by atoms with Crippen molar-refractivity contribution < 1.29 is 38.7 Å². The lowest BCUT2D eigenvalue weighted by Crippen LogP contribution is -2.42. The van der Waals surface area contributed by atoms with E-state index in [1.807, 2.05) is 90.8 Å². The van der Waals surface area contributed by atoms with Crippen LogP contribution in [0.1, 0.15) is 92.4 Å². The highest BCUT2D eigenvalue weighted by Crippen LogP contribution is 2.25. The summed E-state index contributed by atoms with van der Waals surface area (Å²) in [5.41, 5.74) is 3.12. The molecule has 4 fully saturated rings. The summed E-state index contributed by atoms with van der Waals surface area (Å²) in [7, 11) is 1.95. The van der Waals surface area contributed by atoms with Gasteiger partial charge in [0.05, 0.1) is 12.1 Å². The van der Waals surface area contributed by atoms with E-state index in [0.717, 1.165) is 19.4 Å². The summed E-state index contributed by atoms with van der Waals surface area (Å²) in [6, 6.07) is 30.1. The highest BCUT2D eigenvalue weighted by atomic mass is 16.3. The number of aliphatic hydroxyl groups excluding tert-OH is 1. The van der Waals surface area contributed by atoms with Crippen molar-refractivity contribution in [1.82, 2.24) is 99.3 Å². The van der Waals surface area contributed by atoms with Gasteiger partial charge in [-0.25, -0.2) is 19.9 Å². The Labute approximate surface area is 587 Å². The molecular formula is C70H78N24O8. The Kier molecular flexibility index (Phi) is 24.8. The second-order valence-corrected chi connectivity index (χ2v) is 24.4. The number of benzene rings is 1. The van der Waals surface area contributed by atoms with E-state index in [2.05, 4.69) is 101 Å². The molecule has 12 heterocycles. The monoisotopic (exact) mass is 1380 g/mol. The van der Waals surface area contributed by atoms with Crippen molar-refractivity contribution in [3.05, 3.63) is 157 Å². The molecule has 526 valence electrons. The Bertz CT molecular complexity index is 4390. The number of hydrogen-bond donors (Lipinski definition) is 5. The quantitative estimate of drug-likeness (QED) is 0.0936. The van der Waals surface area contributed by atoms with Crippen LogP contribution in [0.15, 0.2) is 128 Å². The molecule has 0 radical (unpaired) electrons. The number of amides is 7. The normalized spacial score (nSPS) is 16.7. The summed E-state index contributed by atoms with van der Waals surface area (Å²) in [5.74, 6) is 3.12. The van der Waals surface area contributed by atoms with Crippen molar-refractivity contribution in [3.8, 4) is 46.1 Å². The Balaban J connectivity index is 0.000000147. The maximum atomic E-state index is 12.7. The zero-order valence-corrected chi connectivity index (χ0v) is 57.5. The molecule has 5 N–H and O–H groups in total. The van der Waals surface area contributed by atoms with E-state index in [4.69, 9.17) is 0 Å². The highest BCUT2D eigenvalue weighted by molar-refractivity contribution is 5.97. The van der Waals surface area contributed by atoms with Crippen LogP contribution in [0.25, 0.3) is 46.1 Å². The summed E-state index contributed by atoms with van der Waals surface area (Å²) in [4.78, 5) is 160. The van der Waals surface area contributed by atoms with Gasteiger partial charge < -0.3 is 19.8 Å². The number of pyridine rings is 4. The minimum absolute atomic E-state index is 0.00236. The third kappa shape index (κ3) is 20.1. The molecule has 4 saturated heterocycles. The van der Waals surface area contributed by atoms with Crippen LogP contribution in [0.5, 0.6) is 0 Å². The van der Waals surface area contributed by atoms with Crippen molar-refractivity contribution >= 4 is 65.1 Å². The topological polar surface area (TPSA) is 407 Å². The van der Waals surface area contributed by atoms with Crippen LogP contribution in [0, 0.1) is 39.5 Å². The largest absolute Gasteiger partial charge is 0.391 e. The minimum atomic E-state index is -0.747. The summed E-state index contributed by atoms with van der Waals surface area (Å²) in [6.07, 6.45) is 10.5. The standard InChI is InChI=1S/C22H22N6O2.C17H20N6O2.C16H18N6O3.C15H18N6O/c1-15-24-19(18-9-5-6-12-23-18)26-22(25-15)27-20(29)16-10-13-28(14-11-16)21(30)17-7-3-2-4-8-17;1-11-19-15(14-5-3-4-8-18-14)21-17(20-11)22-16(25)13-6-9-23(10-7-13)12(2)24;1-9-18-14(12-5-3-4-6-17-12)20-16(19-9)21-15(25)13-7-11(24)8-22(13)10(2)23;1-10-17-13(11-6-3-4-8-16-11)19-15(18-10)20-14(22)12-7-5-9-21(12)2/h2-9,12,16H,10-11,13-14H2,1H3,(H,24,25,26,27,29);3-5,8,13H,6-7,9-10H2,1-2H3,(H,19,20,21,22,25);3-6,11,13,24H,7-8H2,1-2H3,(H,18,19,20,21,25);3-4,6,8,12H,5,7,9H2,1-2H3,(H,17,18,19,20,22)/t;;11-,13?;12-/m..10/s1. The van der Waals surface area contributed by atoms with Crippen molar-refractivity contribution in [2.45, 2.75) is 105 Å². The number of aliphatic hydroxyl groups is 1. The maximum Gasteiger partial charge on any atom is 0.253 e. The molecule has 1 aromatic carbocycles. The Morgan fingerprint density at radius 2 is 0.755 bits per heavy atom. The minimum Gasteiger partial charge on any atom is -0.391 e. The first kappa shape index (κ1) is 72.8. The van der Waals surface area contributed by atoms with Gasteiger partial charge in [-0.05, 0) is 140 Å². The Morgan fingerprint density at radius 3 is 1.09 bits per heavy atom. The number of likely N-dealkylation sites (N-methyl/N-ethyl adjacent to an activating group) is 1. The number of hydrogen-bond acceptors (Lipinski definition) is 25. The van der Waals surface area contributed by atoms with Gasteiger partial charge >= 0.3 is 0 Å². The van der Waals surface area contributed by atoms with Crippen LogP contribution in [0.3, 0.4) is 0 Å². The van der Waals surface area contributed by atoms with Crippen LogP contribution in [0.4, 0.5) is 23.8 Å². The second-order valence-electron chi connectivity index (χ2n) is 24.4. The van der Waals surface area contributed by atoms with Gasteiger partial charge in [0, 0.05) is 95.2 Å². The fourth-order valence-corrected chi connectivity index (χ4v) is 11.6. The Hall–Kier alpha value is -11.9. The number of aromatic nitrogens is 16. The lowest BCUT2D eigenvalue weighted by atomic mass is 9.95. The summed E-state index contributed by atoms with van der Waals surface area (Å²) >= 11 is 0. The van der Waals surface area contributed by atoms with E-state index in [1.165, 1.54) is 11.8 Å². The molecule has 102 heavy (non-hydrogen) atoms. The van der Waals surface area contributed by atoms with Gasteiger partial charge in [-0.3, -0.25) is 79.7 Å². The third-order valence-corrected chi connectivity index (χ3v) is 16.8. The highest BCUT2D eigenvalue weighted by Gasteiger charge is 2.38. The summed E-state index contributed by atoms with van der Waals surface area (Å²) in [6.45, 7) is 13.2. The van der Waals surface area contributed by atoms with Gasteiger partial charge in [0.1, 0.15) is 52.1 Å². The van der Waals surface area contributed by atoms with Gasteiger partial charge in [0.25, 0.3) is 5.91 Å². The number of piperidine rings is 2. The fourth-order valence-electron chi connectivity index (χ4n) is 11.6. The predicted molar refractivity (Wildman–Crippen MR) is 373 cm³/mol. The van der Waals surface area contributed by atoms with Gasteiger partial charge in [-0.1, -0.05) is 42.5 Å². The number of rotatable bonds is 13. The average molecular weight is 1380 g/mol. The van der Waals surface area contributed by atoms with E-state index in [1.54, 1.807) is 93.5 Å². The molecule has 4 aliphatic heterocycles. The fraction of sp³-hybridized carbons (Fsp3) is 0.357. The van der Waals surface area contributed by atoms with Crippen molar-refractivity contribution in [1.29, 1.82) is 0 Å². The first-order valence-corrected chi connectivity index (χ1v) is 33.2. The van der Waals surface area contributed by atoms with Crippen LogP contribution >= 0.6 is 0 Å². The van der Waals surface area contributed by atoms with E-state index < -0.39 is 18.1 Å². The molecule has 1 unspecified atom stereocenters. The second kappa shape index (κ2) is 34.7. The molecule has 0 aliphatic carbocycles. The maximum absolute atomic E-state index is 12.7. The number of nitrogens with zero attached hydrogens (tertiary/aromatic N) is 20. The summed E-state index contributed by atoms with van der Waals surface area (Å²) < 4.78 is 0. The van der Waals surface area contributed by atoms with Gasteiger partial charge in [-0.15, -0.1) is 0 Å². The van der Waals surface area contributed by atoms with E-state index >= 15 is 0 Å². The van der Waals surface area contributed by atoms with Crippen LogP contribution in [0.2, 0.25) is 0 Å². The number of aryl methyl sites for hydroxylation is 4. The molecule has 0 saturated carbocycles. The van der Waals surface area contributed by atoms with Gasteiger partial charge in [-0.2, -0.15) is 39.9 Å². The van der Waals surface area contributed by atoms with Crippen molar-refractivity contribution in [2.24, 2.45) is 11.8 Å². The van der Waals surface area contributed by atoms with Crippen molar-refractivity contribution in [2.75, 3.05) is 67.6 Å². The zero-order valence-electron chi connectivity index (χ0n) is 57.5. The first-order valence-electron chi connectivity index (χ1n) is 33.2. The molecule has 0 bridgehead atoms. The van der Waals surface area contributed by atoms with E-state index in [9.17, 15) is 38.7 Å². The lowest BCUT2D eigenvalue weighted by molar-refractivity contribution is -0.134. The number of nitrogens with one attached hydrogen (secondary N) is 4. The number of carbonyl (C=O) groups is 7. The average Bonchev–Trinajstić information content (AvgIpc) is 1.49. The molecule has 0 spiro atoms. The SMILES string of the molecule is CC(=O)N1CCC(C(=O)Nc2nc(C)nc(-c3ccccn3)n2)CC1.CC(=O)N1C[C@H](O)CC1C(=O)Nc1nc(C)nc(-c2ccccn2)n1.Cc1nc(NC(=O)C2CCN(C(=O)c3ccccc3)CC2)nc(-c2ccccn2)n1.Cc1nc(NC(=O)[C@@H]2CCCN2C)nc(-c2ccccn2)n1. The molecular weight excluding hydrogens is 1300 g/mol. The molecule has 13 rings (SSSR count). The smallest absolute Gasteiger partial charge is 0.253 e. The predicted octanol–water partition coefficient (Wildman–Crippen LogP) is 5.61. The number of β-amino-alcohol motifs (C(OH)–C–C–N with tert-alkyl or cyclic N) is 1. The van der Waals surface area contributed by atoms with Crippen molar-refractivity contribution in [3.63, 3.8) is 0 Å². The number of anilines is 4. The van der Waals surface area contributed by atoms with Gasteiger partial charge in [0.2, 0.25) is 59.2 Å². The molecule has 3 atom stereocenters. The molecule has 32 heteroatoms. The molecule has 9 aromatic rings. The number of carbonyl (C=O) groups excluding carboxylic acids is 7.